The fraction of sp³-hybridized carbons (Fsp3) is 0.562. The van der Waals surface area contributed by atoms with Crippen molar-refractivity contribution in [3.63, 3.8) is 0 Å². The Morgan fingerprint density at radius 3 is 2.83 bits per heavy atom. The van der Waals surface area contributed by atoms with Gasteiger partial charge in [0.25, 0.3) is 0 Å². The number of methoxy groups -OCH3 is 1. The first-order valence-corrected chi connectivity index (χ1v) is 7.67. The number of hydrogen-bond donors (Lipinski definition) is 2. The Hall–Kier alpha value is -1.22. The Balaban J connectivity index is 0.00000264. The molecule has 0 spiro atoms. The van der Waals surface area contributed by atoms with Crippen LogP contribution in [0.1, 0.15) is 19.8 Å². The maximum absolute atomic E-state index is 5.60. The highest BCUT2D eigenvalue weighted by Crippen LogP contribution is 2.30. The zero-order valence-electron chi connectivity index (χ0n) is 13.9. The maximum atomic E-state index is 5.60. The van der Waals surface area contributed by atoms with E-state index in [0.29, 0.717) is 18.3 Å². The van der Waals surface area contributed by atoms with Gasteiger partial charge >= 0.3 is 0 Å². The van der Waals surface area contributed by atoms with Gasteiger partial charge in [0.15, 0.2) is 17.5 Å². The van der Waals surface area contributed by atoms with Crippen molar-refractivity contribution in [2.24, 2.45) is 4.99 Å². The summed E-state index contributed by atoms with van der Waals surface area (Å²) in [6.07, 6.45) is 2.50. The molecule has 1 heterocycles. The van der Waals surface area contributed by atoms with E-state index in [1.807, 2.05) is 25.1 Å². The average Bonchev–Trinajstić information content (AvgIpc) is 3.06. The number of anilines is 1. The van der Waals surface area contributed by atoms with Gasteiger partial charge in [-0.05, 0) is 31.9 Å². The van der Waals surface area contributed by atoms with Crippen LogP contribution < -0.4 is 20.1 Å². The average molecular weight is 435 g/mol. The minimum Gasteiger partial charge on any atom is -0.493 e. The highest BCUT2D eigenvalue weighted by Gasteiger charge is 2.15. The van der Waals surface area contributed by atoms with Gasteiger partial charge in [0.05, 0.1) is 19.8 Å². The molecule has 7 heteroatoms. The lowest BCUT2D eigenvalue weighted by Gasteiger charge is -2.16. The number of hydrogen-bond acceptors (Lipinski definition) is 4. The number of halogens is 1. The summed E-state index contributed by atoms with van der Waals surface area (Å²) in [6.45, 7) is 4.17. The Morgan fingerprint density at radius 2 is 2.22 bits per heavy atom. The van der Waals surface area contributed by atoms with Crippen molar-refractivity contribution in [3.8, 4) is 11.5 Å². The van der Waals surface area contributed by atoms with Crippen LogP contribution in [0.5, 0.6) is 11.5 Å². The van der Waals surface area contributed by atoms with E-state index in [-0.39, 0.29) is 30.1 Å². The molecule has 1 aliphatic heterocycles. The lowest BCUT2D eigenvalue weighted by atomic mass is 10.2. The number of rotatable bonds is 6. The molecule has 0 aromatic heterocycles. The molecule has 23 heavy (non-hydrogen) atoms. The fourth-order valence-corrected chi connectivity index (χ4v) is 2.35. The van der Waals surface area contributed by atoms with E-state index >= 15 is 0 Å². The Labute approximate surface area is 155 Å². The molecule has 1 unspecified atom stereocenters. The van der Waals surface area contributed by atoms with Crippen LogP contribution in [-0.4, -0.2) is 46.0 Å². The Bertz CT molecular complexity index is 505. The minimum atomic E-state index is 0. The highest BCUT2D eigenvalue weighted by atomic mass is 127. The van der Waals surface area contributed by atoms with E-state index in [0.717, 1.165) is 37.4 Å². The number of guanidine groups is 1. The second-order valence-electron chi connectivity index (χ2n) is 5.01. The highest BCUT2D eigenvalue weighted by molar-refractivity contribution is 14.0. The van der Waals surface area contributed by atoms with E-state index in [1.54, 1.807) is 14.2 Å². The van der Waals surface area contributed by atoms with Crippen LogP contribution in [0, 0.1) is 0 Å². The molecule has 0 bridgehead atoms. The van der Waals surface area contributed by atoms with Crippen LogP contribution in [0.25, 0.3) is 0 Å². The summed E-state index contributed by atoms with van der Waals surface area (Å²) in [5, 5.41) is 6.52. The fourth-order valence-electron chi connectivity index (χ4n) is 2.35. The summed E-state index contributed by atoms with van der Waals surface area (Å²) in [7, 11) is 3.38. The molecule has 6 nitrogen and oxygen atoms in total. The van der Waals surface area contributed by atoms with Gasteiger partial charge in [0, 0.05) is 32.0 Å². The first kappa shape index (κ1) is 19.8. The molecule has 1 aromatic carbocycles. The van der Waals surface area contributed by atoms with Gasteiger partial charge in [-0.2, -0.15) is 0 Å². The largest absolute Gasteiger partial charge is 0.493 e. The quantitative estimate of drug-likeness (QED) is 0.409. The van der Waals surface area contributed by atoms with E-state index in [9.17, 15) is 0 Å². The van der Waals surface area contributed by atoms with Crippen molar-refractivity contribution in [2.45, 2.75) is 25.9 Å². The van der Waals surface area contributed by atoms with E-state index < -0.39 is 0 Å². The van der Waals surface area contributed by atoms with Crippen LogP contribution in [-0.2, 0) is 4.74 Å². The molecule has 130 valence electrons. The van der Waals surface area contributed by atoms with Crippen molar-refractivity contribution < 1.29 is 14.2 Å². The maximum Gasteiger partial charge on any atom is 0.195 e. The van der Waals surface area contributed by atoms with Gasteiger partial charge in [-0.3, -0.25) is 4.99 Å². The first-order valence-electron chi connectivity index (χ1n) is 7.67. The summed E-state index contributed by atoms with van der Waals surface area (Å²) in [6, 6.07) is 5.72. The standard InChI is InChI=1S/C16H25N3O3.HI/c1-4-21-14-8-7-12(10-15(14)20-3)19-16(17-2)18-11-13-6-5-9-22-13;/h7-8,10,13H,4-6,9,11H2,1-3H3,(H2,17,18,19);1H. The van der Waals surface area contributed by atoms with Crippen molar-refractivity contribution in [1.29, 1.82) is 0 Å². The minimum absolute atomic E-state index is 0. The molecule has 2 rings (SSSR count). The van der Waals surface area contributed by atoms with Crippen molar-refractivity contribution >= 4 is 35.6 Å². The molecular weight excluding hydrogens is 409 g/mol. The third kappa shape index (κ3) is 6.06. The molecule has 0 amide bonds. The van der Waals surface area contributed by atoms with Crippen LogP contribution >= 0.6 is 24.0 Å². The second-order valence-corrected chi connectivity index (χ2v) is 5.01. The van der Waals surface area contributed by atoms with Gasteiger partial charge < -0.3 is 24.8 Å². The summed E-state index contributed by atoms with van der Waals surface area (Å²) in [4.78, 5) is 4.23. The topological polar surface area (TPSA) is 64.1 Å². The molecule has 1 atom stereocenters. The number of nitrogens with one attached hydrogen (secondary N) is 2. The summed E-state index contributed by atoms with van der Waals surface area (Å²) in [5.74, 6) is 2.14. The van der Waals surface area contributed by atoms with E-state index in [2.05, 4.69) is 15.6 Å². The molecule has 0 saturated carbocycles. The smallest absolute Gasteiger partial charge is 0.195 e. The zero-order chi connectivity index (χ0) is 15.8. The zero-order valence-corrected chi connectivity index (χ0v) is 16.3. The van der Waals surface area contributed by atoms with Crippen molar-refractivity contribution in [1.82, 2.24) is 5.32 Å². The third-order valence-corrected chi connectivity index (χ3v) is 3.47. The predicted octanol–water partition coefficient (Wildman–Crippen LogP) is 2.88. The molecule has 1 saturated heterocycles. The molecule has 2 N–H and O–H groups in total. The molecule has 1 aromatic rings. The van der Waals surface area contributed by atoms with Crippen LogP contribution in [0.15, 0.2) is 23.2 Å². The molecule has 0 radical (unpaired) electrons. The van der Waals surface area contributed by atoms with Gasteiger partial charge in [0.2, 0.25) is 0 Å². The Kier molecular flexibility index (Phi) is 9.08. The van der Waals surface area contributed by atoms with Gasteiger partial charge in [-0.15, -0.1) is 24.0 Å². The van der Waals surface area contributed by atoms with Crippen molar-refractivity contribution in [2.75, 3.05) is 39.2 Å². The van der Waals surface area contributed by atoms with E-state index in [4.69, 9.17) is 14.2 Å². The van der Waals surface area contributed by atoms with E-state index in [1.165, 1.54) is 0 Å². The van der Waals surface area contributed by atoms with Gasteiger partial charge in [-0.25, -0.2) is 0 Å². The third-order valence-electron chi connectivity index (χ3n) is 3.47. The SMILES string of the molecule is CCOc1ccc(NC(=NC)NCC2CCCO2)cc1OC.I. The lowest BCUT2D eigenvalue weighted by molar-refractivity contribution is 0.114. The molecule has 1 fully saturated rings. The van der Waals surface area contributed by atoms with Gasteiger partial charge in [-0.1, -0.05) is 0 Å². The van der Waals surface area contributed by atoms with Crippen LogP contribution in [0.3, 0.4) is 0 Å². The first-order chi connectivity index (χ1) is 10.8. The monoisotopic (exact) mass is 435 g/mol. The number of benzene rings is 1. The molecular formula is C16H26IN3O3. The summed E-state index contributed by atoms with van der Waals surface area (Å²) >= 11 is 0. The predicted molar refractivity (Wildman–Crippen MR) is 104 cm³/mol. The number of nitrogens with zero attached hydrogens (tertiary/aromatic N) is 1. The van der Waals surface area contributed by atoms with Crippen molar-refractivity contribution in [3.05, 3.63) is 18.2 Å². The normalized spacial score (nSPS) is 17.3. The Morgan fingerprint density at radius 1 is 1.39 bits per heavy atom. The summed E-state index contributed by atoms with van der Waals surface area (Å²) < 4.78 is 16.5. The van der Waals surface area contributed by atoms with Crippen LogP contribution in [0.4, 0.5) is 5.69 Å². The van der Waals surface area contributed by atoms with Crippen LogP contribution in [0.2, 0.25) is 0 Å². The molecule has 1 aliphatic rings. The number of aliphatic imine (C=N–C) groups is 1. The number of ether oxygens (including phenoxy) is 3. The molecule has 0 aliphatic carbocycles. The van der Waals surface area contributed by atoms with Gasteiger partial charge in [0.1, 0.15) is 0 Å². The lowest BCUT2D eigenvalue weighted by Crippen LogP contribution is -2.36. The summed E-state index contributed by atoms with van der Waals surface area (Å²) in [5.41, 5.74) is 0.890. The second kappa shape index (κ2) is 10.5.